The molecule has 5 heteroatoms. The van der Waals surface area contributed by atoms with Crippen LogP contribution in [0.5, 0.6) is 0 Å². The topological polar surface area (TPSA) is 80.4 Å². The first-order chi connectivity index (χ1) is 13.7. The molecular formula is C24H30ClNO3. The minimum absolute atomic E-state index is 0.0236. The van der Waals surface area contributed by atoms with Crippen LogP contribution in [0.4, 0.5) is 0 Å². The zero-order valence-electron chi connectivity index (χ0n) is 17.4. The first-order valence-corrected chi connectivity index (χ1v) is 10.4. The number of aliphatic hydroxyl groups is 1. The fourth-order valence-electron chi connectivity index (χ4n) is 3.66. The zero-order chi connectivity index (χ0) is 21.6. The maximum atomic E-state index is 12.6. The highest BCUT2D eigenvalue weighted by Crippen LogP contribution is 2.29. The Kier molecular flexibility index (Phi) is 8.57. The molecule has 29 heavy (non-hydrogen) atoms. The number of nitrogens with two attached hydrogens (primary N) is 1. The summed E-state index contributed by atoms with van der Waals surface area (Å²) in [7, 11) is 0. The maximum Gasteiger partial charge on any atom is 0.160 e. The summed E-state index contributed by atoms with van der Waals surface area (Å²) in [6.07, 6.45) is 1.86. The fourth-order valence-corrected chi connectivity index (χ4v) is 3.95. The Morgan fingerprint density at radius 2 is 1.83 bits per heavy atom. The first kappa shape index (κ1) is 23.3. The van der Waals surface area contributed by atoms with Gasteiger partial charge in [0.15, 0.2) is 5.78 Å². The van der Waals surface area contributed by atoms with Gasteiger partial charge in [-0.25, -0.2) is 0 Å². The SMILES string of the molecule is CC(=O)c1cccc([C@H](C)CCC(=O)Cc2c(C)cccc2Cl)c1C[C@@H](N)CO. The highest BCUT2D eigenvalue weighted by atomic mass is 35.5. The minimum Gasteiger partial charge on any atom is -0.395 e. The van der Waals surface area contributed by atoms with E-state index in [4.69, 9.17) is 17.3 Å². The van der Waals surface area contributed by atoms with E-state index in [0.717, 1.165) is 22.3 Å². The normalized spacial score (nSPS) is 13.2. The fraction of sp³-hybridized carbons (Fsp3) is 0.417. The Bertz CT molecular complexity index is 858. The molecule has 0 heterocycles. The van der Waals surface area contributed by atoms with Crippen LogP contribution in [0.15, 0.2) is 36.4 Å². The molecular weight excluding hydrogens is 386 g/mol. The van der Waals surface area contributed by atoms with Crippen molar-refractivity contribution >= 4 is 23.2 Å². The van der Waals surface area contributed by atoms with Gasteiger partial charge in [-0.15, -0.1) is 0 Å². The van der Waals surface area contributed by atoms with Crippen molar-refractivity contribution in [2.45, 2.75) is 58.4 Å². The van der Waals surface area contributed by atoms with Crippen molar-refractivity contribution in [1.82, 2.24) is 0 Å². The highest BCUT2D eigenvalue weighted by Gasteiger charge is 2.19. The van der Waals surface area contributed by atoms with Crippen LogP contribution in [0, 0.1) is 6.92 Å². The molecule has 0 fully saturated rings. The summed E-state index contributed by atoms with van der Waals surface area (Å²) >= 11 is 6.25. The second-order valence-corrected chi connectivity index (χ2v) is 8.17. The standard InChI is InChI=1S/C24H30ClNO3/c1-15-6-4-9-24(25)22(15)13-19(29)11-10-16(2)20-7-5-8-21(17(3)28)23(20)12-18(26)14-27/h4-9,16,18,27H,10-14,26H2,1-3H3/t16-,18-/m1/s1. The third-order valence-electron chi connectivity index (χ3n) is 5.41. The van der Waals surface area contributed by atoms with Crippen molar-refractivity contribution in [2.75, 3.05) is 6.61 Å². The summed E-state index contributed by atoms with van der Waals surface area (Å²) < 4.78 is 0. The van der Waals surface area contributed by atoms with Crippen molar-refractivity contribution in [3.05, 3.63) is 69.2 Å². The molecule has 0 saturated heterocycles. The maximum absolute atomic E-state index is 12.6. The van der Waals surface area contributed by atoms with Crippen LogP contribution in [0.1, 0.15) is 65.2 Å². The highest BCUT2D eigenvalue weighted by molar-refractivity contribution is 6.31. The number of carbonyl (C=O) groups excluding carboxylic acids is 2. The summed E-state index contributed by atoms with van der Waals surface area (Å²) in [5, 5.41) is 9.98. The van der Waals surface area contributed by atoms with E-state index in [-0.39, 0.29) is 24.1 Å². The third-order valence-corrected chi connectivity index (χ3v) is 5.76. The van der Waals surface area contributed by atoms with E-state index in [9.17, 15) is 14.7 Å². The number of aryl methyl sites for hydroxylation is 1. The number of hydrogen-bond acceptors (Lipinski definition) is 4. The van der Waals surface area contributed by atoms with Crippen molar-refractivity contribution in [3.8, 4) is 0 Å². The van der Waals surface area contributed by atoms with Crippen LogP contribution in [0.3, 0.4) is 0 Å². The molecule has 4 nitrogen and oxygen atoms in total. The van der Waals surface area contributed by atoms with E-state index >= 15 is 0 Å². The average Bonchev–Trinajstić information content (AvgIpc) is 2.68. The molecule has 0 amide bonds. The second-order valence-electron chi connectivity index (χ2n) is 7.77. The van der Waals surface area contributed by atoms with Gasteiger partial charge in [0.1, 0.15) is 5.78 Å². The lowest BCUT2D eigenvalue weighted by molar-refractivity contribution is -0.118. The predicted molar refractivity (Wildman–Crippen MR) is 118 cm³/mol. The lowest BCUT2D eigenvalue weighted by Crippen LogP contribution is -2.28. The molecule has 2 aromatic carbocycles. The van der Waals surface area contributed by atoms with Gasteiger partial charge in [0.05, 0.1) is 6.61 Å². The van der Waals surface area contributed by atoms with Gasteiger partial charge in [-0.1, -0.05) is 48.9 Å². The molecule has 2 aromatic rings. The van der Waals surface area contributed by atoms with E-state index in [2.05, 4.69) is 6.92 Å². The summed E-state index contributed by atoms with van der Waals surface area (Å²) in [5.41, 5.74) is 10.4. The number of carbonyl (C=O) groups is 2. The monoisotopic (exact) mass is 415 g/mol. The Morgan fingerprint density at radius 1 is 1.14 bits per heavy atom. The first-order valence-electron chi connectivity index (χ1n) is 9.99. The summed E-state index contributed by atoms with van der Waals surface area (Å²) in [4.78, 5) is 24.6. The quantitative estimate of drug-likeness (QED) is 0.563. The molecule has 0 radical (unpaired) electrons. The lowest BCUT2D eigenvalue weighted by atomic mass is 9.85. The number of ketones is 2. The molecule has 0 spiro atoms. The van der Waals surface area contributed by atoms with Gasteiger partial charge in [0.25, 0.3) is 0 Å². The molecule has 0 unspecified atom stereocenters. The number of rotatable bonds is 10. The molecule has 0 bridgehead atoms. The molecule has 2 rings (SSSR count). The molecule has 0 aromatic heterocycles. The number of aliphatic hydroxyl groups excluding tert-OH is 1. The Labute approximate surface area is 178 Å². The second kappa shape index (κ2) is 10.7. The van der Waals surface area contributed by atoms with Gasteiger partial charge in [0.2, 0.25) is 0 Å². The van der Waals surface area contributed by atoms with Gasteiger partial charge >= 0.3 is 0 Å². The predicted octanol–water partition coefficient (Wildman–Crippen LogP) is 4.41. The van der Waals surface area contributed by atoms with E-state index < -0.39 is 6.04 Å². The van der Waals surface area contributed by atoms with E-state index in [0.29, 0.717) is 36.3 Å². The minimum atomic E-state index is -0.425. The Hall–Kier alpha value is -2.01. The van der Waals surface area contributed by atoms with E-state index in [1.165, 1.54) is 6.92 Å². The van der Waals surface area contributed by atoms with Crippen LogP contribution < -0.4 is 5.73 Å². The van der Waals surface area contributed by atoms with Gasteiger partial charge in [-0.2, -0.15) is 0 Å². The van der Waals surface area contributed by atoms with Crippen LogP contribution in [0.25, 0.3) is 0 Å². The smallest absolute Gasteiger partial charge is 0.160 e. The molecule has 3 N–H and O–H groups in total. The molecule has 0 aliphatic carbocycles. The number of benzene rings is 2. The largest absolute Gasteiger partial charge is 0.395 e. The van der Waals surface area contributed by atoms with E-state index in [1.807, 2.05) is 37.3 Å². The molecule has 0 aliphatic heterocycles. The molecule has 2 atom stereocenters. The van der Waals surface area contributed by atoms with E-state index in [1.54, 1.807) is 6.07 Å². The molecule has 156 valence electrons. The van der Waals surface area contributed by atoms with Crippen LogP contribution in [-0.2, 0) is 17.6 Å². The Balaban J connectivity index is 2.14. The lowest BCUT2D eigenvalue weighted by Gasteiger charge is -2.21. The van der Waals surface area contributed by atoms with Crippen molar-refractivity contribution in [1.29, 1.82) is 0 Å². The van der Waals surface area contributed by atoms with Crippen molar-refractivity contribution in [3.63, 3.8) is 0 Å². The number of Topliss-reactive ketones (excluding diaryl/α,β-unsaturated/α-hetero) is 2. The van der Waals surface area contributed by atoms with Gasteiger partial charge in [-0.3, -0.25) is 9.59 Å². The number of hydrogen-bond donors (Lipinski definition) is 2. The third kappa shape index (κ3) is 6.23. The van der Waals surface area contributed by atoms with Crippen LogP contribution in [0.2, 0.25) is 5.02 Å². The summed E-state index contributed by atoms with van der Waals surface area (Å²) in [5.74, 6) is 0.209. The van der Waals surface area contributed by atoms with Crippen molar-refractivity contribution in [2.24, 2.45) is 5.73 Å². The summed E-state index contributed by atoms with van der Waals surface area (Å²) in [6, 6.07) is 10.9. The van der Waals surface area contributed by atoms with Crippen molar-refractivity contribution < 1.29 is 14.7 Å². The zero-order valence-corrected chi connectivity index (χ0v) is 18.1. The Morgan fingerprint density at radius 3 is 2.45 bits per heavy atom. The van der Waals surface area contributed by atoms with Gasteiger partial charge in [0, 0.05) is 29.5 Å². The van der Waals surface area contributed by atoms with Gasteiger partial charge < -0.3 is 10.8 Å². The molecule has 0 saturated carbocycles. The number of halogens is 1. The summed E-state index contributed by atoms with van der Waals surface area (Å²) in [6.45, 7) is 5.41. The van der Waals surface area contributed by atoms with Gasteiger partial charge in [-0.05, 0) is 60.9 Å². The molecule has 0 aliphatic rings. The average molecular weight is 416 g/mol. The van der Waals surface area contributed by atoms with Crippen LogP contribution >= 0.6 is 11.6 Å². The van der Waals surface area contributed by atoms with Crippen LogP contribution in [-0.4, -0.2) is 29.3 Å².